The zero-order valence-electron chi connectivity index (χ0n) is 22.6. The molecular formula is C28H59NO3. The first-order valence-electron chi connectivity index (χ1n) is 14.0. The van der Waals surface area contributed by atoms with Crippen LogP contribution >= 0.6 is 0 Å². The smallest absolute Gasteiger partial charge is 0.0905 e. The third-order valence-electron chi connectivity index (χ3n) is 6.50. The number of unbranched alkanes of at least 4 members (excludes halogenated alkanes) is 15. The van der Waals surface area contributed by atoms with E-state index in [2.05, 4.69) is 27.8 Å². The quantitative estimate of drug-likeness (QED) is 0.147. The Bertz CT molecular complexity index is 344. The molecule has 0 rings (SSSR count). The number of aliphatic carboxylic acids is 1. The number of aliphatic hydroxyl groups is 1. The van der Waals surface area contributed by atoms with Gasteiger partial charge in [-0.05, 0) is 45.4 Å². The Morgan fingerprint density at radius 3 is 1.06 bits per heavy atom. The van der Waals surface area contributed by atoms with Crippen LogP contribution in [0.15, 0.2) is 0 Å². The van der Waals surface area contributed by atoms with Crippen molar-refractivity contribution < 1.29 is 19.5 Å². The van der Waals surface area contributed by atoms with Crippen LogP contribution in [0.25, 0.3) is 0 Å². The van der Waals surface area contributed by atoms with Gasteiger partial charge in [0.15, 0.2) is 0 Å². The largest absolute Gasteiger partial charge is 0.547 e. The van der Waals surface area contributed by atoms with E-state index in [-0.39, 0.29) is 0 Å². The van der Waals surface area contributed by atoms with Gasteiger partial charge in [0.05, 0.1) is 38.8 Å². The molecule has 0 heterocycles. The molecule has 194 valence electrons. The van der Waals surface area contributed by atoms with Crippen molar-refractivity contribution >= 4 is 5.97 Å². The Hall–Kier alpha value is -0.610. The van der Waals surface area contributed by atoms with Gasteiger partial charge in [0, 0.05) is 0 Å². The molecule has 1 N–H and O–H groups in total. The summed E-state index contributed by atoms with van der Waals surface area (Å²) in [5.74, 6) is -1.44. The van der Waals surface area contributed by atoms with E-state index in [9.17, 15) is 9.90 Å². The van der Waals surface area contributed by atoms with Gasteiger partial charge in [0.2, 0.25) is 0 Å². The molecule has 0 aromatic carbocycles. The van der Waals surface area contributed by atoms with Crippen molar-refractivity contribution in [2.45, 2.75) is 149 Å². The second-order valence-corrected chi connectivity index (χ2v) is 10.1. The Morgan fingerprint density at radius 1 is 0.625 bits per heavy atom. The second kappa shape index (κ2) is 25.0. The number of hydrogen-bond acceptors (Lipinski definition) is 3. The minimum absolute atomic E-state index is 1.13. The molecule has 0 aromatic rings. The summed E-state index contributed by atoms with van der Waals surface area (Å²) < 4.78 is 1.36. The van der Waals surface area contributed by atoms with Crippen LogP contribution in [0.3, 0.4) is 0 Å². The van der Waals surface area contributed by atoms with E-state index in [0.29, 0.717) is 0 Å². The van der Waals surface area contributed by atoms with Crippen LogP contribution in [0.1, 0.15) is 143 Å². The van der Waals surface area contributed by atoms with E-state index in [1.54, 1.807) is 0 Å². The van der Waals surface area contributed by atoms with Gasteiger partial charge >= 0.3 is 0 Å². The van der Waals surface area contributed by atoms with Crippen LogP contribution in [-0.2, 0) is 4.79 Å². The van der Waals surface area contributed by atoms with Crippen molar-refractivity contribution in [2.24, 2.45) is 0 Å². The lowest BCUT2D eigenvalue weighted by molar-refractivity contribution is -0.910. The molecule has 0 radical (unpaired) electrons. The van der Waals surface area contributed by atoms with Crippen LogP contribution in [0.4, 0.5) is 0 Å². The molecule has 0 aliphatic heterocycles. The number of carbonyl (C=O) groups excluding carboxylic acids is 1. The van der Waals surface area contributed by atoms with Crippen molar-refractivity contribution in [3.63, 3.8) is 0 Å². The fourth-order valence-corrected chi connectivity index (χ4v) is 4.16. The first kappa shape index (κ1) is 33.6. The summed E-state index contributed by atoms with van der Waals surface area (Å²) in [6.07, 6.45) is 24.5. The Kier molecular flexibility index (Phi) is 26.2. The molecule has 0 spiro atoms. The predicted molar refractivity (Wildman–Crippen MR) is 138 cm³/mol. The minimum Gasteiger partial charge on any atom is -0.547 e. The van der Waals surface area contributed by atoms with Gasteiger partial charge in [-0.15, -0.1) is 0 Å². The molecule has 4 heteroatoms. The molecule has 32 heavy (non-hydrogen) atoms. The molecule has 1 unspecified atom stereocenters. The van der Waals surface area contributed by atoms with E-state index in [1.165, 1.54) is 140 Å². The molecule has 4 nitrogen and oxygen atoms in total. The summed E-state index contributed by atoms with van der Waals surface area (Å²) in [4.78, 5) is 9.34. The van der Waals surface area contributed by atoms with Crippen molar-refractivity contribution in [1.82, 2.24) is 0 Å². The summed E-state index contributed by atoms with van der Waals surface area (Å²) in [6.45, 7) is 12.4. The van der Waals surface area contributed by atoms with Crippen LogP contribution in [0, 0.1) is 0 Å². The van der Waals surface area contributed by atoms with E-state index < -0.39 is 12.1 Å². The normalized spacial score (nSPS) is 12.3. The molecule has 0 saturated carbocycles. The Labute approximate surface area is 201 Å². The number of aliphatic hydroxyl groups excluding tert-OH is 1. The number of carboxylic acid groups (broad SMARTS) is 1. The van der Waals surface area contributed by atoms with Crippen molar-refractivity contribution in [1.29, 1.82) is 0 Å². The van der Waals surface area contributed by atoms with Crippen LogP contribution < -0.4 is 5.11 Å². The zero-order chi connectivity index (χ0) is 24.5. The van der Waals surface area contributed by atoms with Crippen molar-refractivity contribution in [3.8, 4) is 0 Å². The summed E-state index contributed by atoms with van der Waals surface area (Å²) in [7, 11) is 2.56. The van der Waals surface area contributed by atoms with Gasteiger partial charge < -0.3 is 19.5 Å². The predicted octanol–water partition coefficient (Wildman–Crippen LogP) is 6.63. The number of carbonyl (C=O) groups is 1. The number of carboxylic acids is 1. The highest BCUT2D eigenvalue weighted by Crippen LogP contribution is 2.16. The highest BCUT2D eigenvalue weighted by atomic mass is 16.4. The molecule has 0 amide bonds. The number of quaternary nitrogens is 1. The molecule has 0 fully saturated rings. The summed E-state index contributed by atoms with van der Waals surface area (Å²) >= 11 is 0. The molecule has 0 aliphatic carbocycles. The molecular weight excluding hydrogens is 398 g/mol. The van der Waals surface area contributed by atoms with Crippen LogP contribution in [0.5, 0.6) is 0 Å². The third kappa shape index (κ3) is 25.6. The van der Waals surface area contributed by atoms with Gasteiger partial charge in [-0.1, -0.05) is 97.8 Å². The maximum absolute atomic E-state index is 9.34. The third-order valence-corrected chi connectivity index (χ3v) is 6.50. The maximum Gasteiger partial charge on any atom is 0.0905 e. The monoisotopic (exact) mass is 457 g/mol. The highest BCUT2D eigenvalue weighted by Gasteiger charge is 2.20. The highest BCUT2D eigenvalue weighted by molar-refractivity contribution is 5.68. The molecule has 1 atom stereocenters. The van der Waals surface area contributed by atoms with Crippen molar-refractivity contribution in [2.75, 3.05) is 26.7 Å². The molecule has 0 aromatic heterocycles. The van der Waals surface area contributed by atoms with E-state index in [4.69, 9.17) is 5.11 Å². The van der Waals surface area contributed by atoms with Gasteiger partial charge in [-0.25, -0.2) is 0 Å². The molecule has 0 aliphatic rings. The first-order valence-corrected chi connectivity index (χ1v) is 14.0. The van der Waals surface area contributed by atoms with Gasteiger partial charge in [0.1, 0.15) is 0 Å². The number of rotatable bonds is 22. The average molecular weight is 458 g/mol. The Morgan fingerprint density at radius 2 is 0.844 bits per heavy atom. The zero-order valence-corrected chi connectivity index (χ0v) is 22.6. The van der Waals surface area contributed by atoms with E-state index >= 15 is 0 Å². The number of nitrogens with zero attached hydrogens (tertiary/aromatic N) is 1. The van der Waals surface area contributed by atoms with Crippen LogP contribution in [0.2, 0.25) is 0 Å². The average Bonchev–Trinajstić information content (AvgIpc) is 2.76. The van der Waals surface area contributed by atoms with Gasteiger partial charge in [-0.2, -0.15) is 0 Å². The summed E-state index contributed by atoms with van der Waals surface area (Å²) in [5.41, 5.74) is 0. The number of hydrogen-bond donors (Lipinski definition) is 1. The SMILES string of the molecule is CC(O)C(=O)[O-].CCCCCCCC[N+](C)(CCCCCCCC)CCCCCCCC. The fraction of sp³-hybridized carbons (Fsp3) is 0.964. The summed E-state index contributed by atoms with van der Waals surface area (Å²) in [5, 5.41) is 17.3. The Balaban J connectivity index is 0. The lowest BCUT2D eigenvalue weighted by Gasteiger charge is -2.35. The topological polar surface area (TPSA) is 60.4 Å². The van der Waals surface area contributed by atoms with E-state index in [1.807, 2.05) is 0 Å². The molecule has 0 bridgehead atoms. The minimum atomic E-state index is -1.44. The van der Waals surface area contributed by atoms with Gasteiger partial charge in [-0.3, -0.25) is 0 Å². The van der Waals surface area contributed by atoms with Crippen LogP contribution in [-0.4, -0.2) is 48.3 Å². The standard InChI is InChI=1S/C25H54N.C3H6O3/c1-5-8-11-14-17-20-23-26(4,24-21-18-15-12-9-6-2)25-22-19-16-13-10-7-3;1-2(4)3(5)6/h5-25H2,1-4H3;2,4H,1H3,(H,5,6)/q+1;/p-1. The lowest BCUT2D eigenvalue weighted by atomic mass is 10.1. The van der Waals surface area contributed by atoms with E-state index in [0.717, 1.165) is 6.92 Å². The summed E-state index contributed by atoms with van der Waals surface area (Å²) in [6, 6.07) is 0. The van der Waals surface area contributed by atoms with Gasteiger partial charge in [0.25, 0.3) is 0 Å². The van der Waals surface area contributed by atoms with Crippen molar-refractivity contribution in [3.05, 3.63) is 0 Å². The first-order chi connectivity index (χ1) is 15.3. The molecule has 0 saturated heterocycles. The maximum atomic E-state index is 9.34. The fourth-order valence-electron chi connectivity index (χ4n) is 4.16. The lowest BCUT2D eigenvalue weighted by Crippen LogP contribution is -2.46. The second-order valence-electron chi connectivity index (χ2n) is 10.1.